The third-order valence-electron chi connectivity index (χ3n) is 2.82. The summed E-state index contributed by atoms with van der Waals surface area (Å²) in [6, 6.07) is 7.69. The molecule has 0 atom stereocenters. The lowest BCUT2D eigenvalue weighted by molar-refractivity contribution is 0.240. The molecule has 0 heterocycles. The van der Waals surface area contributed by atoms with Crippen LogP contribution in [0.3, 0.4) is 0 Å². The lowest BCUT2D eigenvalue weighted by Gasteiger charge is -2.14. The standard InChI is InChI=1S/C15H20O2/c1-3-13(4-2)12-17-15-10-6-5-8-14(15)9-7-11-16/h5-6,8,10,13,16H,3-4,11-12H2,1-2H3. The molecule has 0 bridgehead atoms. The number of hydrogen-bond acceptors (Lipinski definition) is 2. The number of hydrogen-bond donors (Lipinski definition) is 1. The van der Waals surface area contributed by atoms with Crippen LogP contribution >= 0.6 is 0 Å². The van der Waals surface area contributed by atoms with E-state index >= 15 is 0 Å². The van der Waals surface area contributed by atoms with Gasteiger partial charge in [-0.15, -0.1) is 0 Å². The maximum Gasteiger partial charge on any atom is 0.134 e. The molecule has 0 aliphatic carbocycles. The molecule has 1 aromatic rings. The van der Waals surface area contributed by atoms with Crippen LogP contribution in [0.15, 0.2) is 24.3 Å². The fraction of sp³-hybridized carbons (Fsp3) is 0.467. The van der Waals surface area contributed by atoms with E-state index in [1.54, 1.807) is 0 Å². The summed E-state index contributed by atoms with van der Waals surface area (Å²) in [6.07, 6.45) is 2.25. The van der Waals surface area contributed by atoms with Crippen LogP contribution in [-0.2, 0) is 0 Å². The second kappa shape index (κ2) is 7.76. The average molecular weight is 232 g/mol. The summed E-state index contributed by atoms with van der Waals surface area (Å²) in [7, 11) is 0. The van der Waals surface area contributed by atoms with Crippen LogP contribution in [0.4, 0.5) is 0 Å². The van der Waals surface area contributed by atoms with E-state index in [0.29, 0.717) is 5.92 Å². The predicted molar refractivity (Wildman–Crippen MR) is 70.0 cm³/mol. The Balaban J connectivity index is 2.69. The van der Waals surface area contributed by atoms with Gasteiger partial charge in [-0.3, -0.25) is 0 Å². The van der Waals surface area contributed by atoms with Gasteiger partial charge in [0.15, 0.2) is 0 Å². The predicted octanol–water partition coefficient (Wildman–Crippen LogP) is 2.85. The first-order chi connectivity index (χ1) is 8.31. The summed E-state index contributed by atoms with van der Waals surface area (Å²) < 4.78 is 5.79. The number of rotatable bonds is 5. The van der Waals surface area contributed by atoms with Crippen molar-refractivity contribution in [2.75, 3.05) is 13.2 Å². The SMILES string of the molecule is CCC(CC)COc1ccccc1C#CCO. The Morgan fingerprint density at radius 3 is 2.59 bits per heavy atom. The number of benzene rings is 1. The van der Waals surface area contributed by atoms with Gasteiger partial charge in [-0.05, 0) is 18.1 Å². The number of aliphatic hydroxyl groups is 1. The van der Waals surface area contributed by atoms with Crippen LogP contribution in [-0.4, -0.2) is 18.3 Å². The largest absolute Gasteiger partial charge is 0.492 e. The minimum atomic E-state index is -0.124. The smallest absolute Gasteiger partial charge is 0.134 e. The van der Waals surface area contributed by atoms with Crippen LogP contribution in [0.1, 0.15) is 32.3 Å². The molecule has 1 N–H and O–H groups in total. The molecule has 0 aliphatic rings. The zero-order valence-corrected chi connectivity index (χ0v) is 10.6. The van der Waals surface area contributed by atoms with Crippen molar-refractivity contribution in [3.05, 3.63) is 29.8 Å². The molecule has 17 heavy (non-hydrogen) atoms. The summed E-state index contributed by atoms with van der Waals surface area (Å²) in [5.41, 5.74) is 0.840. The Labute approximate surface area is 104 Å². The number of ether oxygens (including phenoxy) is 1. The van der Waals surface area contributed by atoms with Gasteiger partial charge in [0.05, 0.1) is 12.2 Å². The number of para-hydroxylation sites is 1. The van der Waals surface area contributed by atoms with E-state index in [1.165, 1.54) is 0 Å². The molecule has 0 radical (unpaired) electrons. The van der Waals surface area contributed by atoms with Crippen molar-refractivity contribution in [3.8, 4) is 17.6 Å². The van der Waals surface area contributed by atoms with Crippen LogP contribution in [0.25, 0.3) is 0 Å². The Bertz CT molecular complexity index is 383. The molecule has 2 nitrogen and oxygen atoms in total. The van der Waals surface area contributed by atoms with Gasteiger partial charge >= 0.3 is 0 Å². The Hall–Kier alpha value is -1.46. The molecule has 0 fully saturated rings. The fourth-order valence-corrected chi connectivity index (χ4v) is 1.56. The fourth-order valence-electron chi connectivity index (χ4n) is 1.56. The summed E-state index contributed by atoms with van der Waals surface area (Å²) in [5.74, 6) is 6.94. The van der Waals surface area contributed by atoms with Crippen LogP contribution < -0.4 is 4.74 Å². The van der Waals surface area contributed by atoms with Gasteiger partial charge < -0.3 is 9.84 Å². The monoisotopic (exact) mass is 232 g/mol. The molecule has 0 saturated carbocycles. The van der Waals surface area contributed by atoms with Crippen molar-refractivity contribution >= 4 is 0 Å². The third-order valence-corrected chi connectivity index (χ3v) is 2.82. The normalized spacial score (nSPS) is 9.88. The van der Waals surface area contributed by atoms with E-state index in [9.17, 15) is 0 Å². The molecule has 1 rings (SSSR count). The molecule has 0 aliphatic heterocycles. The maximum atomic E-state index is 8.70. The van der Waals surface area contributed by atoms with Crippen molar-refractivity contribution in [1.82, 2.24) is 0 Å². The van der Waals surface area contributed by atoms with Crippen molar-refractivity contribution < 1.29 is 9.84 Å². The lowest BCUT2D eigenvalue weighted by atomic mass is 10.1. The summed E-state index contributed by atoms with van der Waals surface area (Å²) in [4.78, 5) is 0. The molecular weight excluding hydrogens is 212 g/mol. The van der Waals surface area contributed by atoms with Crippen molar-refractivity contribution in [1.29, 1.82) is 0 Å². The van der Waals surface area contributed by atoms with Gasteiger partial charge in [-0.25, -0.2) is 0 Å². The Morgan fingerprint density at radius 2 is 1.94 bits per heavy atom. The zero-order valence-electron chi connectivity index (χ0n) is 10.6. The topological polar surface area (TPSA) is 29.5 Å². The van der Waals surface area contributed by atoms with Gasteiger partial charge in [-0.2, -0.15) is 0 Å². The molecule has 0 aromatic heterocycles. The first kappa shape index (κ1) is 13.6. The van der Waals surface area contributed by atoms with Crippen molar-refractivity contribution in [3.63, 3.8) is 0 Å². The van der Waals surface area contributed by atoms with E-state index in [0.717, 1.165) is 30.8 Å². The van der Waals surface area contributed by atoms with E-state index in [-0.39, 0.29) is 6.61 Å². The highest BCUT2D eigenvalue weighted by atomic mass is 16.5. The summed E-state index contributed by atoms with van der Waals surface area (Å²) in [6.45, 7) is 4.95. The lowest BCUT2D eigenvalue weighted by Crippen LogP contribution is -2.10. The van der Waals surface area contributed by atoms with Crippen LogP contribution in [0, 0.1) is 17.8 Å². The molecule has 0 spiro atoms. The van der Waals surface area contributed by atoms with E-state index in [4.69, 9.17) is 9.84 Å². The van der Waals surface area contributed by atoms with E-state index < -0.39 is 0 Å². The molecule has 2 heteroatoms. The highest BCUT2D eigenvalue weighted by molar-refractivity contribution is 5.45. The van der Waals surface area contributed by atoms with Crippen LogP contribution in [0.2, 0.25) is 0 Å². The average Bonchev–Trinajstić information content (AvgIpc) is 2.38. The highest BCUT2D eigenvalue weighted by Crippen LogP contribution is 2.18. The van der Waals surface area contributed by atoms with Gasteiger partial charge in [0, 0.05) is 0 Å². The van der Waals surface area contributed by atoms with Crippen molar-refractivity contribution in [2.24, 2.45) is 5.92 Å². The molecule has 0 saturated heterocycles. The number of aliphatic hydroxyl groups excluding tert-OH is 1. The Kier molecular flexibility index (Phi) is 6.21. The minimum Gasteiger partial charge on any atom is -0.492 e. The molecule has 1 aromatic carbocycles. The molecule has 0 amide bonds. The van der Waals surface area contributed by atoms with E-state index in [1.807, 2.05) is 24.3 Å². The first-order valence-electron chi connectivity index (χ1n) is 6.13. The van der Waals surface area contributed by atoms with Crippen LogP contribution in [0.5, 0.6) is 5.75 Å². The molecule has 92 valence electrons. The highest BCUT2D eigenvalue weighted by Gasteiger charge is 2.06. The van der Waals surface area contributed by atoms with E-state index in [2.05, 4.69) is 25.7 Å². The molecule has 0 unspecified atom stereocenters. The quantitative estimate of drug-likeness (QED) is 0.791. The summed E-state index contributed by atoms with van der Waals surface area (Å²) in [5, 5.41) is 8.70. The van der Waals surface area contributed by atoms with Crippen molar-refractivity contribution in [2.45, 2.75) is 26.7 Å². The molecular formula is C15H20O2. The van der Waals surface area contributed by atoms with Gasteiger partial charge in [-0.1, -0.05) is 50.7 Å². The van der Waals surface area contributed by atoms with Gasteiger partial charge in [0.1, 0.15) is 12.4 Å². The minimum absolute atomic E-state index is 0.124. The second-order valence-electron chi connectivity index (χ2n) is 3.95. The third kappa shape index (κ3) is 4.50. The summed E-state index contributed by atoms with van der Waals surface area (Å²) >= 11 is 0. The zero-order chi connectivity index (χ0) is 12.5. The second-order valence-corrected chi connectivity index (χ2v) is 3.95. The van der Waals surface area contributed by atoms with Gasteiger partial charge in [0.2, 0.25) is 0 Å². The Morgan fingerprint density at radius 1 is 1.24 bits per heavy atom. The first-order valence-corrected chi connectivity index (χ1v) is 6.13. The van der Waals surface area contributed by atoms with Gasteiger partial charge in [0.25, 0.3) is 0 Å². The maximum absolute atomic E-state index is 8.70.